The van der Waals surface area contributed by atoms with Crippen LogP contribution in [0.2, 0.25) is 0 Å². The molecule has 2 aromatic rings. The number of para-hydroxylation sites is 1. The summed E-state index contributed by atoms with van der Waals surface area (Å²) in [6.45, 7) is 7.50. The number of amides is 2. The van der Waals surface area contributed by atoms with Crippen LogP contribution in [-0.2, 0) is 11.2 Å². The molecule has 146 valence electrons. The van der Waals surface area contributed by atoms with E-state index in [1.165, 1.54) is 11.1 Å². The van der Waals surface area contributed by atoms with Crippen LogP contribution in [0.15, 0.2) is 42.5 Å². The molecule has 2 amide bonds. The van der Waals surface area contributed by atoms with E-state index in [0.717, 1.165) is 36.1 Å². The number of aryl methyl sites for hydroxylation is 2. The summed E-state index contributed by atoms with van der Waals surface area (Å²) in [5.74, 6) is 0.294. The first kappa shape index (κ1) is 18.7. The highest BCUT2D eigenvalue weighted by Crippen LogP contribution is 2.34. The summed E-state index contributed by atoms with van der Waals surface area (Å²) in [6, 6.07) is 14.3. The van der Waals surface area contributed by atoms with E-state index in [2.05, 4.69) is 26.0 Å². The van der Waals surface area contributed by atoms with Crippen LogP contribution in [0.25, 0.3) is 0 Å². The summed E-state index contributed by atoms with van der Waals surface area (Å²) < 4.78 is 0. The standard InChI is InChI=1S/C24H28N2O2/c1-16-8-9-21(14-17(16)2)23(27)25-12-10-19(11-13-25)24(28)26-18(3)15-20-6-4-5-7-22(20)26/h4-9,14,18-19H,10-13,15H2,1-3H3. The van der Waals surface area contributed by atoms with Crippen molar-refractivity contribution in [1.82, 2.24) is 4.90 Å². The maximum Gasteiger partial charge on any atom is 0.253 e. The van der Waals surface area contributed by atoms with E-state index < -0.39 is 0 Å². The average molecular weight is 377 g/mol. The minimum absolute atomic E-state index is 0.00240. The topological polar surface area (TPSA) is 40.6 Å². The predicted molar refractivity (Wildman–Crippen MR) is 112 cm³/mol. The number of hydrogen-bond donors (Lipinski definition) is 0. The van der Waals surface area contributed by atoms with E-state index in [4.69, 9.17) is 0 Å². The Balaban J connectivity index is 1.42. The number of likely N-dealkylation sites (tertiary alicyclic amines) is 1. The smallest absolute Gasteiger partial charge is 0.253 e. The number of carbonyl (C=O) groups excluding carboxylic acids is 2. The molecule has 2 aromatic carbocycles. The first-order valence-corrected chi connectivity index (χ1v) is 10.2. The summed E-state index contributed by atoms with van der Waals surface area (Å²) in [5.41, 5.74) is 5.40. The van der Waals surface area contributed by atoms with E-state index in [-0.39, 0.29) is 23.8 Å². The van der Waals surface area contributed by atoms with Crippen molar-refractivity contribution in [3.05, 3.63) is 64.7 Å². The molecule has 28 heavy (non-hydrogen) atoms. The van der Waals surface area contributed by atoms with E-state index in [1.54, 1.807) is 0 Å². The maximum atomic E-state index is 13.2. The van der Waals surface area contributed by atoms with Gasteiger partial charge in [-0.05, 0) is 74.9 Å². The second-order valence-electron chi connectivity index (χ2n) is 8.26. The Morgan fingerprint density at radius 3 is 2.39 bits per heavy atom. The lowest BCUT2D eigenvalue weighted by Gasteiger charge is -2.34. The zero-order valence-corrected chi connectivity index (χ0v) is 16.9. The molecule has 0 radical (unpaired) electrons. The minimum Gasteiger partial charge on any atom is -0.339 e. The number of piperidine rings is 1. The van der Waals surface area contributed by atoms with Gasteiger partial charge in [-0.1, -0.05) is 24.3 Å². The summed E-state index contributed by atoms with van der Waals surface area (Å²) in [7, 11) is 0. The summed E-state index contributed by atoms with van der Waals surface area (Å²) in [6.07, 6.45) is 2.40. The van der Waals surface area contributed by atoms with Crippen LogP contribution >= 0.6 is 0 Å². The molecule has 0 N–H and O–H groups in total. The number of nitrogens with zero attached hydrogens (tertiary/aromatic N) is 2. The number of fused-ring (bicyclic) bond motifs is 1. The fourth-order valence-electron chi connectivity index (χ4n) is 4.48. The van der Waals surface area contributed by atoms with Gasteiger partial charge in [-0.3, -0.25) is 9.59 Å². The molecule has 0 bridgehead atoms. The second-order valence-corrected chi connectivity index (χ2v) is 8.26. The van der Waals surface area contributed by atoms with Crippen molar-refractivity contribution in [2.75, 3.05) is 18.0 Å². The van der Waals surface area contributed by atoms with Crippen molar-refractivity contribution in [3.63, 3.8) is 0 Å². The quantitative estimate of drug-likeness (QED) is 0.791. The van der Waals surface area contributed by atoms with Crippen molar-refractivity contribution < 1.29 is 9.59 Å². The molecule has 0 aromatic heterocycles. The molecule has 4 rings (SSSR count). The molecule has 1 saturated heterocycles. The molecule has 1 fully saturated rings. The van der Waals surface area contributed by atoms with Crippen LogP contribution in [0.4, 0.5) is 5.69 Å². The van der Waals surface area contributed by atoms with Crippen molar-refractivity contribution >= 4 is 17.5 Å². The zero-order chi connectivity index (χ0) is 19.8. The highest BCUT2D eigenvalue weighted by atomic mass is 16.2. The Bertz CT molecular complexity index is 913. The molecule has 1 unspecified atom stereocenters. The lowest BCUT2D eigenvalue weighted by molar-refractivity contribution is -0.124. The maximum absolute atomic E-state index is 13.2. The lowest BCUT2D eigenvalue weighted by atomic mass is 9.94. The molecular formula is C24H28N2O2. The molecule has 0 saturated carbocycles. The zero-order valence-electron chi connectivity index (χ0n) is 16.9. The number of benzene rings is 2. The normalized spacial score (nSPS) is 19.6. The second kappa shape index (κ2) is 7.42. The summed E-state index contributed by atoms with van der Waals surface area (Å²) >= 11 is 0. The first-order chi connectivity index (χ1) is 13.5. The monoisotopic (exact) mass is 376 g/mol. The first-order valence-electron chi connectivity index (χ1n) is 10.2. The predicted octanol–water partition coefficient (Wildman–Crippen LogP) is 4.13. The Morgan fingerprint density at radius 1 is 0.964 bits per heavy atom. The van der Waals surface area contributed by atoms with Crippen molar-refractivity contribution in [1.29, 1.82) is 0 Å². The fraction of sp³-hybridized carbons (Fsp3) is 0.417. The molecule has 2 aliphatic rings. The Morgan fingerprint density at radius 2 is 1.68 bits per heavy atom. The Hall–Kier alpha value is -2.62. The highest BCUT2D eigenvalue weighted by molar-refractivity contribution is 5.98. The highest BCUT2D eigenvalue weighted by Gasteiger charge is 2.36. The number of rotatable bonds is 2. The number of anilines is 1. The molecule has 1 atom stereocenters. The molecule has 2 aliphatic heterocycles. The van der Waals surface area contributed by atoms with Crippen LogP contribution in [0, 0.1) is 19.8 Å². The number of hydrogen-bond acceptors (Lipinski definition) is 2. The van der Waals surface area contributed by atoms with Crippen molar-refractivity contribution in [2.24, 2.45) is 5.92 Å². The van der Waals surface area contributed by atoms with Gasteiger partial charge in [0.15, 0.2) is 0 Å². The third kappa shape index (κ3) is 3.32. The van der Waals surface area contributed by atoms with Gasteiger partial charge in [0.05, 0.1) is 0 Å². The van der Waals surface area contributed by atoms with Gasteiger partial charge in [0.1, 0.15) is 0 Å². The van der Waals surface area contributed by atoms with Crippen molar-refractivity contribution in [2.45, 2.75) is 46.1 Å². The van der Waals surface area contributed by atoms with Gasteiger partial charge in [0.2, 0.25) is 5.91 Å². The van der Waals surface area contributed by atoms with E-state index in [9.17, 15) is 9.59 Å². The SMILES string of the molecule is Cc1ccc(C(=O)N2CCC(C(=O)N3c4ccccc4CC3C)CC2)cc1C. The van der Waals surface area contributed by atoms with Crippen LogP contribution in [0.1, 0.15) is 46.8 Å². The van der Waals surface area contributed by atoms with E-state index in [0.29, 0.717) is 13.1 Å². The van der Waals surface area contributed by atoms with E-state index >= 15 is 0 Å². The summed E-state index contributed by atoms with van der Waals surface area (Å²) in [5, 5.41) is 0. The summed E-state index contributed by atoms with van der Waals surface area (Å²) in [4.78, 5) is 30.0. The van der Waals surface area contributed by atoms with Crippen molar-refractivity contribution in [3.8, 4) is 0 Å². The molecule has 0 aliphatic carbocycles. The van der Waals surface area contributed by atoms with Gasteiger partial charge in [0.25, 0.3) is 5.91 Å². The largest absolute Gasteiger partial charge is 0.339 e. The Labute approximate surface area is 167 Å². The van der Waals surface area contributed by atoms with Gasteiger partial charge in [-0.2, -0.15) is 0 Å². The molecule has 4 heteroatoms. The molecular weight excluding hydrogens is 348 g/mol. The molecule has 0 spiro atoms. The number of carbonyl (C=O) groups is 2. The third-order valence-electron chi connectivity index (χ3n) is 6.33. The van der Waals surface area contributed by atoms with Gasteiger partial charge >= 0.3 is 0 Å². The van der Waals surface area contributed by atoms with Gasteiger partial charge in [-0.25, -0.2) is 0 Å². The van der Waals surface area contributed by atoms with Gasteiger partial charge < -0.3 is 9.80 Å². The van der Waals surface area contributed by atoms with Crippen LogP contribution < -0.4 is 4.90 Å². The molecule has 4 nitrogen and oxygen atoms in total. The van der Waals surface area contributed by atoms with Gasteiger partial charge in [0, 0.05) is 36.3 Å². The van der Waals surface area contributed by atoms with Crippen LogP contribution in [0.3, 0.4) is 0 Å². The molecule has 2 heterocycles. The lowest BCUT2D eigenvalue weighted by Crippen LogP contribution is -2.46. The minimum atomic E-state index is -0.00240. The third-order valence-corrected chi connectivity index (χ3v) is 6.33. The fourth-order valence-corrected chi connectivity index (χ4v) is 4.48. The average Bonchev–Trinajstić information content (AvgIpc) is 3.04. The van der Waals surface area contributed by atoms with Crippen LogP contribution in [-0.4, -0.2) is 35.8 Å². The van der Waals surface area contributed by atoms with E-state index in [1.807, 2.05) is 47.1 Å². The van der Waals surface area contributed by atoms with Gasteiger partial charge in [-0.15, -0.1) is 0 Å². The van der Waals surface area contributed by atoms with Crippen LogP contribution in [0.5, 0.6) is 0 Å². The Kier molecular flexibility index (Phi) is 4.96.